The number of thioether (sulfide) groups is 1. The average Bonchev–Trinajstić information content (AvgIpc) is 3.10. The van der Waals surface area contributed by atoms with Gasteiger partial charge in [0.25, 0.3) is 0 Å². The number of benzene rings is 2. The third-order valence-corrected chi connectivity index (χ3v) is 4.77. The first-order valence-corrected chi connectivity index (χ1v) is 9.08. The molecule has 6 nitrogen and oxygen atoms in total. The number of rotatable bonds is 6. The molecule has 0 aliphatic rings. The molecule has 1 atom stereocenters. The summed E-state index contributed by atoms with van der Waals surface area (Å²) >= 11 is 1.13. The highest BCUT2D eigenvalue weighted by Gasteiger charge is 2.19. The quantitative estimate of drug-likeness (QED) is 0.497. The fourth-order valence-corrected chi connectivity index (χ4v) is 3.14. The van der Waals surface area contributed by atoms with Crippen molar-refractivity contribution in [2.24, 2.45) is 0 Å². The Hall–Kier alpha value is -3.00. The summed E-state index contributed by atoms with van der Waals surface area (Å²) in [5.41, 5.74) is 1.22. The summed E-state index contributed by atoms with van der Waals surface area (Å²) in [6.45, 7) is 3.15. The average molecular weight is 384 g/mol. The minimum absolute atomic E-state index is 0.130. The number of amides is 1. The van der Waals surface area contributed by atoms with Crippen LogP contribution in [0.15, 0.2) is 53.7 Å². The molecule has 138 valence electrons. The largest absolute Gasteiger partial charge is 0.324 e. The summed E-state index contributed by atoms with van der Waals surface area (Å²) < 4.78 is 13.8. The van der Waals surface area contributed by atoms with E-state index in [1.165, 1.54) is 13.0 Å². The summed E-state index contributed by atoms with van der Waals surface area (Å²) in [6.07, 6.45) is 0. The lowest BCUT2D eigenvalue weighted by molar-refractivity contribution is -0.115. The zero-order valence-electron chi connectivity index (χ0n) is 14.7. The smallest absolute Gasteiger partial charge is 0.237 e. The highest BCUT2D eigenvalue weighted by molar-refractivity contribution is 8.00. The SMILES string of the molecule is CC(=O)c1ccccc1NC(=O)[C@@H](C)Sc1n[nH]c(-c2ccccc2F)n1. The van der Waals surface area contributed by atoms with Gasteiger partial charge in [0, 0.05) is 5.56 Å². The minimum Gasteiger partial charge on any atom is -0.324 e. The number of nitrogens with zero attached hydrogens (tertiary/aromatic N) is 2. The number of aromatic amines is 1. The van der Waals surface area contributed by atoms with Crippen LogP contribution >= 0.6 is 11.8 Å². The first-order valence-electron chi connectivity index (χ1n) is 8.20. The van der Waals surface area contributed by atoms with Crippen LogP contribution in [0.3, 0.4) is 0 Å². The minimum atomic E-state index is -0.519. The lowest BCUT2D eigenvalue weighted by Gasteiger charge is -2.12. The van der Waals surface area contributed by atoms with Crippen LogP contribution in [0.25, 0.3) is 11.4 Å². The summed E-state index contributed by atoms with van der Waals surface area (Å²) in [5.74, 6) is -0.525. The van der Waals surface area contributed by atoms with E-state index in [-0.39, 0.29) is 11.7 Å². The Balaban J connectivity index is 1.69. The molecule has 3 rings (SSSR count). The van der Waals surface area contributed by atoms with Crippen LogP contribution in [0.4, 0.5) is 10.1 Å². The highest BCUT2D eigenvalue weighted by Crippen LogP contribution is 2.25. The Bertz CT molecular complexity index is 989. The van der Waals surface area contributed by atoms with Gasteiger partial charge in [0.15, 0.2) is 11.6 Å². The molecule has 0 bridgehead atoms. The normalized spacial score (nSPS) is 11.8. The van der Waals surface area contributed by atoms with Gasteiger partial charge in [0.2, 0.25) is 11.1 Å². The first-order chi connectivity index (χ1) is 13.0. The lowest BCUT2D eigenvalue weighted by atomic mass is 10.1. The predicted octanol–water partition coefficient (Wildman–Crippen LogP) is 3.93. The molecular weight excluding hydrogens is 367 g/mol. The van der Waals surface area contributed by atoms with Gasteiger partial charge in [0.1, 0.15) is 5.82 Å². The molecule has 3 aromatic rings. The Kier molecular flexibility index (Phi) is 5.66. The molecule has 1 amide bonds. The van der Waals surface area contributed by atoms with E-state index in [1.54, 1.807) is 49.4 Å². The monoisotopic (exact) mass is 384 g/mol. The topological polar surface area (TPSA) is 87.7 Å². The lowest BCUT2D eigenvalue weighted by Crippen LogP contribution is -2.23. The van der Waals surface area contributed by atoms with Crippen molar-refractivity contribution in [1.82, 2.24) is 15.2 Å². The maximum Gasteiger partial charge on any atom is 0.237 e. The van der Waals surface area contributed by atoms with Crippen LogP contribution in [0.5, 0.6) is 0 Å². The standard InChI is InChI=1S/C19H17FN4O2S/c1-11(25)13-7-4-6-10-16(13)21-18(26)12(2)27-19-22-17(23-24-19)14-8-3-5-9-15(14)20/h3-10,12H,1-2H3,(H,21,26)(H,22,23,24)/t12-/m1/s1. The van der Waals surface area contributed by atoms with Crippen LogP contribution in [-0.2, 0) is 4.79 Å². The maximum atomic E-state index is 13.8. The van der Waals surface area contributed by atoms with Crippen molar-refractivity contribution in [3.05, 3.63) is 59.9 Å². The van der Waals surface area contributed by atoms with Crippen LogP contribution in [0.2, 0.25) is 0 Å². The molecule has 2 N–H and O–H groups in total. The molecule has 2 aromatic carbocycles. The van der Waals surface area contributed by atoms with Crippen LogP contribution in [0, 0.1) is 5.82 Å². The third kappa shape index (κ3) is 4.40. The van der Waals surface area contributed by atoms with E-state index in [1.807, 2.05) is 0 Å². The molecule has 1 heterocycles. The molecule has 0 radical (unpaired) electrons. The Morgan fingerprint density at radius 1 is 1.15 bits per heavy atom. The van der Waals surface area contributed by atoms with Gasteiger partial charge in [-0.2, -0.15) is 0 Å². The van der Waals surface area contributed by atoms with Crippen LogP contribution in [-0.4, -0.2) is 32.1 Å². The third-order valence-electron chi connectivity index (χ3n) is 3.81. The van der Waals surface area contributed by atoms with E-state index in [0.717, 1.165) is 11.8 Å². The Morgan fingerprint density at radius 2 is 1.85 bits per heavy atom. The molecule has 0 saturated carbocycles. The Labute approximate surface area is 159 Å². The van der Waals surface area contributed by atoms with Crippen molar-refractivity contribution in [3.8, 4) is 11.4 Å². The van der Waals surface area contributed by atoms with E-state index in [0.29, 0.717) is 27.8 Å². The second-order valence-electron chi connectivity index (χ2n) is 5.80. The first kappa shape index (κ1) is 18.8. The fourth-order valence-electron chi connectivity index (χ4n) is 2.42. The van der Waals surface area contributed by atoms with Crippen molar-refractivity contribution < 1.29 is 14.0 Å². The van der Waals surface area contributed by atoms with Gasteiger partial charge in [-0.3, -0.25) is 14.7 Å². The summed E-state index contributed by atoms with van der Waals surface area (Å²) in [5, 5.41) is 9.28. The number of Topliss-reactive ketones (excluding diaryl/α,β-unsaturated/α-hetero) is 1. The molecule has 1 aromatic heterocycles. The van der Waals surface area contributed by atoms with Crippen molar-refractivity contribution in [2.75, 3.05) is 5.32 Å². The zero-order chi connectivity index (χ0) is 19.4. The van der Waals surface area contributed by atoms with Crippen LogP contribution < -0.4 is 5.32 Å². The molecular formula is C19H17FN4O2S. The summed E-state index contributed by atoms with van der Waals surface area (Å²) in [4.78, 5) is 28.4. The molecule has 27 heavy (non-hydrogen) atoms. The molecule has 0 aliphatic carbocycles. The van der Waals surface area contributed by atoms with Crippen molar-refractivity contribution in [3.63, 3.8) is 0 Å². The molecule has 0 fully saturated rings. The molecule has 0 aliphatic heterocycles. The summed E-state index contributed by atoms with van der Waals surface area (Å²) in [7, 11) is 0. The van der Waals surface area contributed by atoms with Crippen molar-refractivity contribution in [1.29, 1.82) is 0 Å². The number of anilines is 1. The second kappa shape index (κ2) is 8.13. The number of ketones is 1. The fraction of sp³-hybridized carbons (Fsp3) is 0.158. The van der Waals surface area contributed by atoms with Gasteiger partial charge in [0.05, 0.1) is 16.5 Å². The number of nitrogens with one attached hydrogen (secondary N) is 2. The number of hydrogen-bond acceptors (Lipinski definition) is 5. The van der Waals surface area contributed by atoms with Gasteiger partial charge in [-0.25, -0.2) is 9.37 Å². The second-order valence-corrected chi connectivity index (χ2v) is 7.11. The van der Waals surface area contributed by atoms with E-state index >= 15 is 0 Å². The number of aromatic nitrogens is 3. The number of H-pyrrole nitrogens is 1. The van der Waals surface area contributed by atoms with Crippen LogP contribution in [0.1, 0.15) is 24.2 Å². The number of carbonyl (C=O) groups excluding carboxylic acids is 2. The molecule has 0 unspecified atom stereocenters. The number of halogens is 1. The molecule has 0 saturated heterocycles. The van der Waals surface area contributed by atoms with Gasteiger partial charge in [-0.1, -0.05) is 36.0 Å². The van der Waals surface area contributed by atoms with E-state index in [2.05, 4.69) is 20.5 Å². The van der Waals surface area contributed by atoms with Gasteiger partial charge in [-0.05, 0) is 38.1 Å². The maximum absolute atomic E-state index is 13.8. The van der Waals surface area contributed by atoms with Gasteiger partial charge < -0.3 is 5.32 Å². The van der Waals surface area contributed by atoms with Crippen molar-refractivity contribution >= 4 is 29.1 Å². The van der Waals surface area contributed by atoms with E-state index < -0.39 is 11.1 Å². The zero-order valence-corrected chi connectivity index (χ0v) is 15.5. The predicted molar refractivity (Wildman–Crippen MR) is 102 cm³/mol. The van der Waals surface area contributed by atoms with Gasteiger partial charge >= 0.3 is 0 Å². The number of para-hydroxylation sites is 1. The number of carbonyl (C=O) groups is 2. The van der Waals surface area contributed by atoms with Crippen molar-refractivity contribution in [2.45, 2.75) is 24.3 Å². The van der Waals surface area contributed by atoms with Gasteiger partial charge in [-0.15, -0.1) is 5.10 Å². The van der Waals surface area contributed by atoms with E-state index in [9.17, 15) is 14.0 Å². The Morgan fingerprint density at radius 3 is 2.59 bits per heavy atom. The highest BCUT2D eigenvalue weighted by atomic mass is 32.2. The number of hydrogen-bond donors (Lipinski definition) is 2. The molecule has 0 spiro atoms. The van der Waals surface area contributed by atoms with E-state index in [4.69, 9.17) is 0 Å². The summed E-state index contributed by atoms with van der Waals surface area (Å²) in [6, 6.07) is 13.1. The molecule has 8 heteroatoms.